The molecule has 2 atom stereocenters. The zero-order valence-electron chi connectivity index (χ0n) is 12.9. The van der Waals surface area contributed by atoms with Crippen LogP contribution in [-0.2, 0) is 4.79 Å². The highest BCUT2D eigenvalue weighted by Crippen LogP contribution is 2.21. The smallest absolute Gasteiger partial charge is 0.413 e. The molecule has 2 aromatic rings. The molecule has 0 spiro atoms. The van der Waals surface area contributed by atoms with Crippen LogP contribution in [0.25, 0.3) is 0 Å². The minimum atomic E-state index is -1.56. The van der Waals surface area contributed by atoms with E-state index in [1.165, 1.54) is 19.2 Å². The molecule has 0 radical (unpaired) electrons. The SMILES string of the molecule is COc1ccc(C(O)C(NC(=O)Oc2ccccc2)C(=O)O)cc1. The van der Waals surface area contributed by atoms with E-state index in [2.05, 4.69) is 5.32 Å². The van der Waals surface area contributed by atoms with E-state index in [9.17, 15) is 19.8 Å². The van der Waals surface area contributed by atoms with Crippen molar-refractivity contribution in [3.05, 3.63) is 60.2 Å². The second-order valence-electron chi connectivity index (χ2n) is 4.88. The van der Waals surface area contributed by atoms with Gasteiger partial charge in [0.1, 0.15) is 17.6 Å². The number of hydrogen-bond donors (Lipinski definition) is 3. The fraction of sp³-hybridized carbons (Fsp3) is 0.176. The van der Waals surface area contributed by atoms with Crippen LogP contribution in [0.4, 0.5) is 4.79 Å². The number of benzene rings is 2. The third kappa shape index (κ3) is 4.47. The number of carbonyl (C=O) groups excluding carboxylic acids is 1. The van der Waals surface area contributed by atoms with Gasteiger partial charge in [0.15, 0.2) is 6.04 Å². The summed E-state index contributed by atoms with van der Waals surface area (Å²) < 4.78 is 9.97. The molecular weight excluding hydrogens is 314 g/mol. The van der Waals surface area contributed by atoms with Crippen molar-refractivity contribution in [1.82, 2.24) is 5.32 Å². The second kappa shape index (κ2) is 7.98. The molecule has 0 aliphatic heterocycles. The maximum Gasteiger partial charge on any atom is 0.413 e. The van der Waals surface area contributed by atoms with Gasteiger partial charge in [0.05, 0.1) is 7.11 Å². The predicted molar refractivity (Wildman–Crippen MR) is 85.0 cm³/mol. The summed E-state index contributed by atoms with van der Waals surface area (Å²) in [5.74, 6) is -0.560. The number of amides is 1. The van der Waals surface area contributed by atoms with Crippen molar-refractivity contribution >= 4 is 12.1 Å². The molecule has 0 saturated heterocycles. The molecule has 126 valence electrons. The van der Waals surface area contributed by atoms with Gasteiger partial charge in [-0.1, -0.05) is 30.3 Å². The van der Waals surface area contributed by atoms with Crippen molar-refractivity contribution < 1.29 is 29.3 Å². The summed E-state index contributed by atoms with van der Waals surface area (Å²) in [4.78, 5) is 23.2. The zero-order valence-corrected chi connectivity index (χ0v) is 12.9. The topological polar surface area (TPSA) is 105 Å². The van der Waals surface area contributed by atoms with Crippen molar-refractivity contribution in [3.63, 3.8) is 0 Å². The number of aliphatic hydroxyl groups excluding tert-OH is 1. The summed E-state index contributed by atoms with van der Waals surface area (Å²) in [6.07, 6.45) is -2.42. The third-order valence-electron chi connectivity index (χ3n) is 3.27. The monoisotopic (exact) mass is 331 g/mol. The van der Waals surface area contributed by atoms with Crippen LogP contribution in [0.3, 0.4) is 0 Å². The first-order valence-electron chi connectivity index (χ1n) is 7.09. The maximum absolute atomic E-state index is 11.8. The Morgan fingerprint density at radius 3 is 2.17 bits per heavy atom. The van der Waals surface area contributed by atoms with Crippen molar-refractivity contribution in [2.45, 2.75) is 12.1 Å². The number of ether oxygens (including phenoxy) is 2. The highest BCUT2D eigenvalue weighted by Gasteiger charge is 2.30. The second-order valence-corrected chi connectivity index (χ2v) is 4.88. The van der Waals surface area contributed by atoms with Gasteiger partial charge in [0.2, 0.25) is 0 Å². The van der Waals surface area contributed by atoms with E-state index in [0.717, 1.165) is 0 Å². The molecule has 2 rings (SSSR count). The molecule has 2 aromatic carbocycles. The predicted octanol–water partition coefficient (Wildman–Crippen LogP) is 1.97. The van der Waals surface area contributed by atoms with Crippen LogP contribution in [0.2, 0.25) is 0 Å². The summed E-state index contributed by atoms with van der Waals surface area (Å²) in [6.45, 7) is 0. The number of aliphatic carboxylic acids is 1. The van der Waals surface area contributed by atoms with E-state index in [4.69, 9.17) is 9.47 Å². The molecule has 24 heavy (non-hydrogen) atoms. The molecule has 0 aliphatic carbocycles. The Morgan fingerprint density at radius 1 is 1.00 bits per heavy atom. The molecule has 0 aliphatic rings. The quantitative estimate of drug-likeness (QED) is 0.747. The van der Waals surface area contributed by atoms with Gasteiger partial charge < -0.3 is 25.0 Å². The highest BCUT2D eigenvalue weighted by atomic mass is 16.6. The third-order valence-corrected chi connectivity index (χ3v) is 3.27. The largest absolute Gasteiger partial charge is 0.497 e. The van der Waals surface area contributed by atoms with Crippen molar-refractivity contribution in [2.24, 2.45) is 0 Å². The number of methoxy groups -OCH3 is 1. The minimum Gasteiger partial charge on any atom is -0.497 e. The summed E-state index contributed by atoms with van der Waals surface area (Å²) in [7, 11) is 1.49. The highest BCUT2D eigenvalue weighted by molar-refractivity contribution is 5.81. The average Bonchev–Trinajstić information content (AvgIpc) is 2.60. The zero-order chi connectivity index (χ0) is 17.5. The van der Waals surface area contributed by atoms with E-state index < -0.39 is 24.2 Å². The maximum atomic E-state index is 11.8. The van der Waals surface area contributed by atoms with Gasteiger partial charge in [-0.25, -0.2) is 9.59 Å². The molecule has 0 aromatic heterocycles. The molecule has 7 heteroatoms. The molecule has 7 nitrogen and oxygen atoms in total. The van der Waals surface area contributed by atoms with E-state index >= 15 is 0 Å². The van der Waals surface area contributed by atoms with Crippen LogP contribution in [-0.4, -0.2) is 35.4 Å². The molecular formula is C17H17NO6. The number of aliphatic hydroxyl groups is 1. The van der Waals surface area contributed by atoms with Crippen LogP contribution in [0.5, 0.6) is 11.5 Å². The number of carboxylic acid groups (broad SMARTS) is 1. The first-order chi connectivity index (χ1) is 11.5. The van der Waals surface area contributed by atoms with E-state index in [-0.39, 0.29) is 5.75 Å². The molecule has 3 N–H and O–H groups in total. The number of carboxylic acids is 1. The summed E-state index contributed by atoms with van der Waals surface area (Å²) in [5, 5.41) is 21.7. The lowest BCUT2D eigenvalue weighted by molar-refractivity contribution is -0.142. The van der Waals surface area contributed by atoms with E-state index in [1.54, 1.807) is 42.5 Å². The van der Waals surface area contributed by atoms with Crippen molar-refractivity contribution in [2.75, 3.05) is 7.11 Å². The number of nitrogens with one attached hydrogen (secondary N) is 1. The van der Waals surface area contributed by atoms with Gasteiger partial charge in [-0.3, -0.25) is 0 Å². The van der Waals surface area contributed by atoms with Gasteiger partial charge in [-0.2, -0.15) is 0 Å². The summed E-state index contributed by atoms with van der Waals surface area (Å²) >= 11 is 0. The Balaban J connectivity index is 2.07. The summed E-state index contributed by atoms with van der Waals surface area (Å²) in [5.41, 5.74) is 0.322. The van der Waals surface area contributed by atoms with Gasteiger partial charge in [0.25, 0.3) is 0 Å². The fourth-order valence-electron chi connectivity index (χ4n) is 2.02. The van der Waals surface area contributed by atoms with Crippen molar-refractivity contribution in [3.8, 4) is 11.5 Å². The normalized spacial score (nSPS) is 12.8. The first-order valence-corrected chi connectivity index (χ1v) is 7.09. The first kappa shape index (κ1) is 17.3. The van der Waals surface area contributed by atoms with Crippen LogP contribution < -0.4 is 14.8 Å². The Labute approximate surface area is 138 Å². The Morgan fingerprint density at radius 2 is 1.62 bits per heavy atom. The number of rotatable bonds is 6. The van der Waals surface area contributed by atoms with E-state index in [1.807, 2.05) is 0 Å². The van der Waals surface area contributed by atoms with Crippen LogP contribution in [0.15, 0.2) is 54.6 Å². The van der Waals surface area contributed by atoms with Crippen molar-refractivity contribution in [1.29, 1.82) is 0 Å². The van der Waals surface area contributed by atoms with Gasteiger partial charge >= 0.3 is 12.1 Å². The lowest BCUT2D eigenvalue weighted by atomic mass is 10.0. The number of carbonyl (C=O) groups is 2. The average molecular weight is 331 g/mol. The molecule has 0 bridgehead atoms. The molecule has 0 saturated carbocycles. The Hall–Kier alpha value is -3.06. The molecule has 1 amide bonds. The fourth-order valence-corrected chi connectivity index (χ4v) is 2.02. The summed E-state index contributed by atoms with van der Waals surface area (Å²) in [6, 6.07) is 12.8. The van der Waals surface area contributed by atoms with Crippen LogP contribution >= 0.6 is 0 Å². The lowest BCUT2D eigenvalue weighted by Crippen LogP contribution is -2.46. The molecule has 2 unspecified atom stereocenters. The van der Waals surface area contributed by atoms with Gasteiger partial charge in [0, 0.05) is 0 Å². The number of para-hydroxylation sites is 1. The minimum absolute atomic E-state index is 0.262. The Kier molecular flexibility index (Phi) is 5.75. The Bertz CT molecular complexity index is 686. The lowest BCUT2D eigenvalue weighted by Gasteiger charge is -2.20. The van der Waals surface area contributed by atoms with Crippen LogP contribution in [0, 0.1) is 0 Å². The molecule has 0 heterocycles. The molecule has 0 fully saturated rings. The van der Waals surface area contributed by atoms with Gasteiger partial charge in [-0.15, -0.1) is 0 Å². The van der Waals surface area contributed by atoms with E-state index in [0.29, 0.717) is 11.3 Å². The number of hydrogen-bond acceptors (Lipinski definition) is 5. The van der Waals surface area contributed by atoms with Gasteiger partial charge in [-0.05, 0) is 29.8 Å². The standard InChI is InChI=1S/C17H17NO6/c1-23-12-9-7-11(8-10-12)15(19)14(16(20)21)18-17(22)24-13-5-3-2-4-6-13/h2-10,14-15,19H,1H3,(H,18,22)(H,20,21). The van der Waals surface area contributed by atoms with Crippen LogP contribution in [0.1, 0.15) is 11.7 Å².